The lowest BCUT2D eigenvalue weighted by atomic mass is 9.99. The maximum absolute atomic E-state index is 11.9. The maximum atomic E-state index is 11.9. The highest BCUT2D eigenvalue weighted by Gasteiger charge is 2.14. The Labute approximate surface area is 129 Å². The molecule has 6 nitrogen and oxygen atoms in total. The van der Waals surface area contributed by atoms with Crippen molar-refractivity contribution >= 4 is 17.7 Å². The second-order valence-electron chi connectivity index (χ2n) is 4.90. The summed E-state index contributed by atoms with van der Waals surface area (Å²) in [6.45, 7) is 2.77. The first-order valence-electron chi connectivity index (χ1n) is 6.62. The molecule has 0 spiro atoms. The molecular formula is C16H21NO5. The lowest BCUT2D eigenvalue weighted by Crippen LogP contribution is -2.25. The Kier molecular flexibility index (Phi) is 9.13. The molecule has 0 saturated heterocycles. The van der Waals surface area contributed by atoms with E-state index in [0.29, 0.717) is 12.2 Å². The number of carbonyl (C=O) groups excluding carboxylic acids is 1. The van der Waals surface area contributed by atoms with Crippen molar-refractivity contribution in [3.05, 3.63) is 48.0 Å². The molecular weight excluding hydrogens is 286 g/mol. The predicted octanol–water partition coefficient (Wildman–Crippen LogP) is 1.78. The zero-order valence-corrected chi connectivity index (χ0v) is 12.9. The molecule has 6 heteroatoms. The number of carboxylic acids is 2. The Hall–Kier alpha value is -2.47. The minimum absolute atomic E-state index is 0.0624. The molecule has 1 aromatic carbocycles. The Balaban J connectivity index is 0.000000472. The highest BCUT2D eigenvalue weighted by Crippen LogP contribution is 2.08. The van der Waals surface area contributed by atoms with Crippen LogP contribution in [0.4, 0.5) is 0 Å². The van der Waals surface area contributed by atoms with E-state index in [-0.39, 0.29) is 11.7 Å². The smallest absolute Gasteiger partial charge is 0.328 e. The van der Waals surface area contributed by atoms with Gasteiger partial charge in [0.2, 0.25) is 0 Å². The first-order valence-corrected chi connectivity index (χ1v) is 6.62. The van der Waals surface area contributed by atoms with Crippen molar-refractivity contribution < 1.29 is 24.6 Å². The van der Waals surface area contributed by atoms with Crippen molar-refractivity contribution in [2.24, 2.45) is 5.92 Å². The van der Waals surface area contributed by atoms with Gasteiger partial charge in [-0.2, -0.15) is 0 Å². The minimum atomic E-state index is -1.26. The molecule has 0 heterocycles. The number of hydrogen-bond donors (Lipinski definition) is 2. The van der Waals surface area contributed by atoms with Crippen LogP contribution in [0.15, 0.2) is 42.5 Å². The van der Waals surface area contributed by atoms with E-state index in [1.807, 2.05) is 56.3 Å². The summed E-state index contributed by atoms with van der Waals surface area (Å²) >= 11 is 0. The topological polar surface area (TPSA) is 94.9 Å². The van der Waals surface area contributed by atoms with E-state index in [9.17, 15) is 14.4 Å². The number of Topliss-reactive ketones (excluding diaryl/α,β-unsaturated/α-hetero) is 1. The van der Waals surface area contributed by atoms with Gasteiger partial charge in [-0.1, -0.05) is 37.3 Å². The third kappa shape index (κ3) is 9.44. The fourth-order valence-corrected chi connectivity index (χ4v) is 1.66. The van der Waals surface area contributed by atoms with Gasteiger partial charge in [0, 0.05) is 30.2 Å². The van der Waals surface area contributed by atoms with E-state index in [1.165, 1.54) is 0 Å². The third-order valence-electron chi connectivity index (χ3n) is 2.51. The Morgan fingerprint density at radius 1 is 1.05 bits per heavy atom. The first kappa shape index (κ1) is 19.5. The molecule has 1 rings (SSSR count). The van der Waals surface area contributed by atoms with E-state index in [4.69, 9.17) is 10.2 Å². The van der Waals surface area contributed by atoms with E-state index >= 15 is 0 Å². The van der Waals surface area contributed by atoms with Gasteiger partial charge in [-0.25, -0.2) is 9.59 Å². The number of aliphatic carboxylic acids is 2. The highest BCUT2D eigenvalue weighted by atomic mass is 16.4. The van der Waals surface area contributed by atoms with E-state index < -0.39 is 11.9 Å². The Morgan fingerprint density at radius 3 is 1.86 bits per heavy atom. The quantitative estimate of drug-likeness (QED) is 0.614. The van der Waals surface area contributed by atoms with Crippen LogP contribution >= 0.6 is 0 Å². The van der Waals surface area contributed by atoms with Gasteiger partial charge in [0.1, 0.15) is 0 Å². The van der Waals surface area contributed by atoms with E-state index in [0.717, 1.165) is 12.1 Å². The average molecular weight is 307 g/mol. The van der Waals surface area contributed by atoms with Gasteiger partial charge in [-0.15, -0.1) is 0 Å². The number of carbonyl (C=O) groups is 3. The van der Waals surface area contributed by atoms with Crippen LogP contribution in [0.2, 0.25) is 0 Å². The molecule has 0 radical (unpaired) electrons. The first-order chi connectivity index (χ1) is 10.2. The van der Waals surface area contributed by atoms with Gasteiger partial charge in [0.15, 0.2) is 5.78 Å². The van der Waals surface area contributed by atoms with E-state index in [2.05, 4.69) is 0 Å². The lowest BCUT2D eigenvalue weighted by molar-refractivity contribution is -0.134. The second-order valence-corrected chi connectivity index (χ2v) is 4.90. The normalized spacial score (nSPS) is 11.6. The molecule has 120 valence electrons. The standard InChI is InChI=1S/C12H17NO.C4H4O4/c1-10(9-13(2)3)12(14)11-7-5-4-6-8-11;5-3(6)1-2-4(7)8/h4-8,10H,9H2,1-3H3;1-2H,(H,5,6)(H,7,8). The van der Waals surface area contributed by atoms with Gasteiger partial charge in [-0.05, 0) is 14.1 Å². The summed E-state index contributed by atoms with van der Waals surface area (Å²) in [7, 11) is 3.96. The Bertz CT molecular complexity index is 507. The number of rotatable bonds is 6. The van der Waals surface area contributed by atoms with E-state index in [1.54, 1.807) is 0 Å². The minimum Gasteiger partial charge on any atom is -0.478 e. The van der Waals surface area contributed by atoms with Crippen molar-refractivity contribution in [2.75, 3.05) is 20.6 Å². The molecule has 0 saturated carbocycles. The maximum Gasteiger partial charge on any atom is 0.328 e. The molecule has 1 atom stereocenters. The number of hydrogen-bond acceptors (Lipinski definition) is 4. The molecule has 0 aliphatic rings. The molecule has 0 fully saturated rings. The number of nitrogens with zero attached hydrogens (tertiary/aromatic N) is 1. The van der Waals surface area contributed by atoms with Crippen LogP contribution in [0.5, 0.6) is 0 Å². The fraction of sp³-hybridized carbons (Fsp3) is 0.312. The van der Waals surface area contributed by atoms with Crippen LogP contribution in [-0.4, -0.2) is 53.5 Å². The monoisotopic (exact) mass is 307 g/mol. The van der Waals surface area contributed by atoms with Crippen LogP contribution in [0.25, 0.3) is 0 Å². The van der Waals surface area contributed by atoms with Crippen molar-refractivity contribution in [3.8, 4) is 0 Å². The number of ketones is 1. The molecule has 0 bridgehead atoms. The van der Waals surface area contributed by atoms with Crippen molar-refractivity contribution in [1.82, 2.24) is 4.90 Å². The third-order valence-corrected chi connectivity index (χ3v) is 2.51. The predicted molar refractivity (Wildman–Crippen MR) is 82.9 cm³/mol. The van der Waals surface area contributed by atoms with Crippen molar-refractivity contribution in [3.63, 3.8) is 0 Å². The summed E-state index contributed by atoms with van der Waals surface area (Å²) < 4.78 is 0. The number of benzene rings is 1. The van der Waals surface area contributed by atoms with Crippen LogP contribution < -0.4 is 0 Å². The molecule has 1 unspecified atom stereocenters. The summed E-state index contributed by atoms with van der Waals surface area (Å²) in [5.41, 5.74) is 0.807. The van der Waals surface area contributed by atoms with Gasteiger partial charge in [-0.3, -0.25) is 4.79 Å². The molecule has 0 aliphatic carbocycles. The van der Waals surface area contributed by atoms with Crippen molar-refractivity contribution in [2.45, 2.75) is 6.92 Å². The molecule has 0 amide bonds. The summed E-state index contributed by atoms with van der Waals surface area (Å²) in [6, 6.07) is 9.46. The molecule has 1 aromatic rings. The summed E-state index contributed by atoms with van der Waals surface area (Å²) in [4.78, 5) is 33.0. The second kappa shape index (κ2) is 10.3. The summed E-state index contributed by atoms with van der Waals surface area (Å²) in [5, 5.41) is 15.6. The molecule has 0 aromatic heterocycles. The lowest BCUT2D eigenvalue weighted by Gasteiger charge is -2.15. The molecule has 22 heavy (non-hydrogen) atoms. The van der Waals surface area contributed by atoms with Gasteiger partial charge >= 0.3 is 11.9 Å². The highest BCUT2D eigenvalue weighted by molar-refractivity contribution is 5.97. The van der Waals surface area contributed by atoms with Gasteiger partial charge in [0.25, 0.3) is 0 Å². The average Bonchev–Trinajstić information content (AvgIpc) is 2.45. The fourth-order valence-electron chi connectivity index (χ4n) is 1.66. The van der Waals surface area contributed by atoms with Crippen LogP contribution in [0.3, 0.4) is 0 Å². The van der Waals surface area contributed by atoms with Crippen LogP contribution in [0, 0.1) is 5.92 Å². The van der Waals surface area contributed by atoms with Gasteiger partial charge < -0.3 is 15.1 Å². The summed E-state index contributed by atoms with van der Waals surface area (Å²) in [6.07, 6.45) is 1.12. The number of carboxylic acid groups (broad SMARTS) is 2. The molecule has 2 N–H and O–H groups in total. The SMILES string of the molecule is CC(CN(C)C)C(=O)c1ccccc1.O=C(O)C=CC(=O)O. The zero-order chi connectivity index (χ0) is 17.1. The van der Waals surface area contributed by atoms with Crippen LogP contribution in [-0.2, 0) is 9.59 Å². The largest absolute Gasteiger partial charge is 0.478 e. The van der Waals surface area contributed by atoms with Crippen LogP contribution in [0.1, 0.15) is 17.3 Å². The van der Waals surface area contributed by atoms with Crippen molar-refractivity contribution in [1.29, 1.82) is 0 Å². The molecule has 0 aliphatic heterocycles. The zero-order valence-electron chi connectivity index (χ0n) is 12.9. The van der Waals surface area contributed by atoms with Gasteiger partial charge in [0.05, 0.1) is 0 Å². The Morgan fingerprint density at radius 2 is 1.50 bits per heavy atom. The summed E-state index contributed by atoms with van der Waals surface area (Å²) in [5.74, 6) is -2.23.